The second kappa shape index (κ2) is 8.52. The minimum atomic E-state index is 0.106. The Labute approximate surface area is 138 Å². The maximum atomic E-state index is 11.0. The van der Waals surface area contributed by atoms with Crippen molar-refractivity contribution in [2.24, 2.45) is 11.3 Å². The van der Waals surface area contributed by atoms with Crippen LogP contribution in [0.5, 0.6) is 0 Å². The lowest BCUT2D eigenvalue weighted by atomic mass is 9.81. The normalized spacial score (nSPS) is 24.5. The van der Waals surface area contributed by atoms with Crippen molar-refractivity contribution in [1.82, 2.24) is 10.2 Å². The van der Waals surface area contributed by atoms with Gasteiger partial charge in [0.25, 0.3) is 0 Å². The van der Waals surface area contributed by atoms with Crippen LogP contribution in [0, 0.1) is 11.3 Å². The Morgan fingerprint density at radius 2 is 1.81 bits per heavy atom. The number of nitrogens with one attached hydrogen (secondary N) is 1. The number of piperidine rings is 1. The monoisotopic (exact) mass is 358 g/mol. The van der Waals surface area contributed by atoms with E-state index < -0.39 is 0 Å². The third kappa shape index (κ3) is 5.55. The van der Waals surface area contributed by atoms with Gasteiger partial charge >= 0.3 is 0 Å². The number of nitrogens with zero attached hydrogens (tertiary/aromatic N) is 1. The molecule has 0 atom stereocenters. The van der Waals surface area contributed by atoms with E-state index in [1.54, 1.807) is 6.92 Å². The predicted molar refractivity (Wildman–Crippen MR) is 91.8 cm³/mol. The third-order valence-corrected chi connectivity index (χ3v) is 6.54. The van der Waals surface area contributed by atoms with Crippen LogP contribution in [-0.2, 0) is 4.79 Å². The van der Waals surface area contributed by atoms with Crippen molar-refractivity contribution in [1.29, 1.82) is 0 Å². The Morgan fingerprint density at radius 1 is 1.19 bits per heavy atom. The van der Waals surface area contributed by atoms with E-state index in [2.05, 4.69) is 26.1 Å². The summed E-state index contributed by atoms with van der Waals surface area (Å²) < 4.78 is 0. The Morgan fingerprint density at radius 3 is 2.33 bits per heavy atom. The minimum absolute atomic E-state index is 0.106. The fraction of sp³-hybridized carbons (Fsp3) is 0.941. The quantitative estimate of drug-likeness (QED) is 0.601. The zero-order valence-corrected chi connectivity index (χ0v) is 15.1. The van der Waals surface area contributed by atoms with Gasteiger partial charge < -0.3 is 10.2 Å². The number of alkyl halides is 1. The molecule has 0 aromatic rings. The molecule has 21 heavy (non-hydrogen) atoms. The second-order valence-corrected chi connectivity index (χ2v) is 7.77. The number of halogens is 1. The number of rotatable bonds is 5. The number of hydrogen-bond donors (Lipinski definition) is 1. The molecule has 2 rings (SSSR count). The average molecular weight is 359 g/mol. The summed E-state index contributed by atoms with van der Waals surface area (Å²) in [6.45, 7) is 6.16. The number of carbonyl (C=O) groups is 1. The molecule has 0 aromatic carbocycles. The summed E-state index contributed by atoms with van der Waals surface area (Å²) in [4.78, 5) is 13.7. The van der Waals surface area contributed by atoms with E-state index in [0.717, 1.165) is 11.9 Å². The Bertz CT molecular complexity index is 319. The predicted octanol–water partition coefficient (Wildman–Crippen LogP) is 3.57. The molecule has 0 unspecified atom stereocenters. The lowest BCUT2D eigenvalue weighted by Crippen LogP contribution is -2.44. The van der Waals surface area contributed by atoms with Crippen molar-refractivity contribution in [3.63, 3.8) is 0 Å². The Hall–Kier alpha value is -0.0900. The number of amides is 1. The fourth-order valence-electron chi connectivity index (χ4n) is 3.92. The molecule has 1 aliphatic heterocycles. The second-order valence-electron chi connectivity index (χ2n) is 7.20. The van der Waals surface area contributed by atoms with Gasteiger partial charge in [0.15, 0.2) is 0 Å². The van der Waals surface area contributed by atoms with Crippen molar-refractivity contribution in [3.05, 3.63) is 0 Å². The Balaban J connectivity index is 1.77. The largest absolute Gasteiger partial charge is 0.356 e. The molecule has 1 aliphatic carbocycles. The lowest BCUT2D eigenvalue weighted by Gasteiger charge is -2.40. The molecule has 2 fully saturated rings. The van der Waals surface area contributed by atoms with E-state index in [4.69, 9.17) is 0 Å². The van der Waals surface area contributed by atoms with Gasteiger partial charge in [-0.05, 0) is 50.1 Å². The molecular weight excluding hydrogens is 328 g/mol. The maximum Gasteiger partial charge on any atom is 0.216 e. The molecular formula is C17H31BrN2O. The topological polar surface area (TPSA) is 32.3 Å². The summed E-state index contributed by atoms with van der Waals surface area (Å²) in [6, 6.07) is 0. The van der Waals surface area contributed by atoms with E-state index in [-0.39, 0.29) is 5.91 Å². The van der Waals surface area contributed by atoms with E-state index in [9.17, 15) is 4.79 Å². The van der Waals surface area contributed by atoms with E-state index >= 15 is 0 Å². The molecule has 122 valence electrons. The summed E-state index contributed by atoms with van der Waals surface area (Å²) in [5, 5.41) is 4.13. The third-order valence-electron chi connectivity index (χ3n) is 5.35. The summed E-state index contributed by atoms with van der Waals surface area (Å²) in [7, 11) is 0. The van der Waals surface area contributed by atoms with Gasteiger partial charge in [-0.3, -0.25) is 4.79 Å². The van der Waals surface area contributed by atoms with Crippen LogP contribution in [0.1, 0.15) is 58.3 Å². The molecule has 1 amide bonds. The zero-order chi connectivity index (χ0) is 15.1. The SMILES string of the molecule is CC(=O)NCC1CCN(CC2(CBr)CCCCCC2)CC1. The van der Waals surface area contributed by atoms with Crippen LogP contribution in [0.2, 0.25) is 0 Å². The standard InChI is InChI=1S/C17H31BrN2O/c1-15(21)19-12-16-6-10-20(11-7-16)14-17(13-18)8-4-2-3-5-9-17/h16H,2-14H2,1H3,(H,19,21). The Kier molecular flexibility index (Phi) is 7.00. The van der Waals surface area contributed by atoms with Crippen molar-refractivity contribution in [3.8, 4) is 0 Å². The number of likely N-dealkylation sites (tertiary alicyclic amines) is 1. The smallest absolute Gasteiger partial charge is 0.216 e. The van der Waals surface area contributed by atoms with E-state index in [0.29, 0.717) is 11.3 Å². The highest BCUT2D eigenvalue weighted by atomic mass is 79.9. The van der Waals surface area contributed by atoms with Crippen molar-refractivity contribution in [2.75, 3.05) is 31.5 Å². The summed E-state index contributed by atoms with van der Waals surface area (Å²) in [5.41, 5.74) is 0.515. The molecule has 0 aromatic heterocycles. The van der Waals surface area contributed by atoms with Crippen LogP contribution in [0.3, 0.4) is 0 Å². The maximum absolute atomic E-state index is 11.0. The van der Waals surface area contributed by atoms with Crippen molar-refractivity contribution >= 4 is 21.8 Å². The van der Waals surface area contributed by atoms with Crippen molar-refractivity contribution < 1.29 is 4.79 Å². The van der Waals surface area contributed by atoms with Crippen LogP contribution in [-0.4, -0.2) is 42.3 Å². The molecule has 0 radical (unpaired) electrons. The van der Waals surface area contributed by atoms with Gasteiger partial charge in [0.05, 0.1) is 0 Å². The van der Waals surface area contributed by atoms with Gasteiger partial charge in [-0.15, -0.1) is 0 Å². The molecule has 0 spiro atoms. The minimum Gasteiger partial charge on any atom is -0.356 e. The van der Waals surface area contributed by atoms with Crippen LogP contribution < -0.4 is 5.32 Å². The first-order valence-electron chi connectivity index (χ1n) is 8.66. The van der Waals surface area contributed by atoms with Gasteiger partial charge in [-0.25, -0.2) is 0 Å². The highest BCUT2D eigenvalue weighted by Crippen LogP contribution is 2.38. The van der Waals surface area contributed by atoms with Crippen LogP contribution in [0.25, 0.3) is 0 Å². The van der Waals surface area contributed by atoms with Crippen LogP contribution in [0.15, 0.2) is 0 Å². The lowest BCUT2D eigenvalue weighted by molar-refractivity contribution is -0.119. The highest BCUT2D eigenvalue weighted by molar-refractivity contribution is 9.09. The first-order chi connectivity index (χ1) is 10.1. The fourth-order valence-corrected chi connectivity index (χ4v) is 4.66. The van der Waals surface area contributed by atoms with E-state index in [1.165, 1.54) is 71.0 Å². The molecule has 3 nitrogen and oxygen atoms in total. The molecule has 1 N–H and O–H groups in total. The van der Waals surface area contributed by atoms with Gasteiger partial charge in [0, 0.05) is 25.3 Å². The summed E-state index contributed by atoms with van der Waals surface area (Å²) >= 11 is 3.81. The van der Waals surface area contributed by atoms with E-state index in [1.807, 2.05) is 0 Å². The highest BCUT2D eigenvalue weighted by Gasteiger charge is 2.33. The molecule has 1 heterocycles. The van der Waals surface area contributed by atoms with Gasteiger partial charge in [0.2, 0.25) is 5.91 Å². The molecule has 0 bridgehead atoms. The first kappa shape index (κ1) is 17.3. The van der Waals surface area contributed by atoms with Gasteiger partial charge in [0.1, 0.15) is 0 Å². The van der Waals surface area contributed by atoms with Crippen LogP contribution >= 0.6 is 15.9 Å². The molecule has 4 heteroatoms. The molecule has 1 saturated heterocycles. The van der Waals surface area contributed by atoms with Gasteiger partial charge in [-0.1, -0.05) is 41.6 Å². The number of carbonyl (C=O) groups excluding carboxylic acids is 1. The molecule has 1 saturated carbocycles. The average Bonchev–Trinajstić information content (AvgIpc) is 2.73. The van der Waals surface area contributed by atoms with Crippen LogP contribution in [0.4, 0.5) is 0 Å². The zero-order valence-electron chi connectivity index (χ0n) is 13.5. The summed E-state index contributed by atoms with van der Waals surface area (Å²) in [6.07, 6.45) is 10.9. The molecule has 2 aliphatic rings. The first-order valence-corrected chi connectivity index (χ1v) is 9.78. The van der Waals surface area contributed by atoms with Gasteiger partial charge in [-0.2, -0.15) is 0 Å². The number of hydrogen-bond acceptors (Lipinski definition) is 2. The summed E-state index contributed by atoms with van der Waals surface area (Å²) in [5.74, 6) is 0.785. The van der Waals surface area contributed by atoms with Crippen molar-refractivity contribution in [2.45, 2.75) is 58.3 Å².